The summed E-state index contributed by atoms with van der Waals surface area (Å²) < 4.78 is 7.11. The number of rotatable bonds is 7. The zero-order valence-electron chi connectivity index (χ0n) is 10.4. The Morgan fingerprint density at radius 2 is 1.36 bits per heavy atom. The van der Waals surface area contributed by atoms with Crippen LogP contribution in [0.5, 0.6) is 0 Å². The zero-order valence-corrected chi connectivity index (χ0v) is 13.3. The molecule has 0 aliphatic heterocycles. The van der Waals surface area contributed by atoms with Crippen LogP contribution in [-0.4, -0.2) is 18.4 Å². The molecule has 0 aromatic rings. The molecule has 0 unspecified atom stereocenters. The maximum atomic E-state index is 3.39. The van der Waals surface area contributed by atoms with Crippen molar-refractivity contribution in [1.82, 2.24) is 0 Å². The summed E-state index contributed by atoms with van der Waals surface area (Å²) in [7, 11) is 0. The standard InChI is InChI=1S/C4H5.3C3H7.Sn/c1-3-4-2;3*1-3-2;/h1,4H,2H3;3*1,3H2,2H3;. The second-order valence-corrected chi connectivity index (χ2v) is 17.1. The molecule has 0 aliphatic rings. The van der Waals surface area contributed by atoms with Gasteiger partial charge in [-0.25, -0.2) is 0 Å². The summed E-state index contributed by atoms with van der Waals surface area (Å²) in [5.74, 6) is 0. The molecule has 0 saturated carbocycles. The van der Waals surface area contributed by atoms with Crippen molar-refractivity contribution in [2.24, 2.45) is 0 Å². The van der Waals surface area contributed by atoms with E-state index in [4.69, 9.17) is 0 Å². The molecule has 0 fully saturated rings. The van der Waals surface area contributed by atoms with Crippen LogP contribution in [0.4, 0.5) is 0 Å². The van der Waals surface area contributed by atoms with Crippen LogP contribution in [0.25, 0.3) is 0 Å². The van der Waals surface area contributed by atoms with Gasteiger partial charge in [0.05, 0.1) is 0 Å². The number of hydrogen-bond acceptors (Lipinski definition) is 0. The van der Waals surface area contributed by atoms with Crippen LogP contribution < -0.4 is 0 Å². The van der Waals surface area contributed by atoms with Gasteiger partial charge in [0, 0.05) is 0 Å². The fourth-order valence-electron chi connectivity index (χ4n) is 2.35. The van der Waals surface area contributed by atoms with Crippen molar-refractivity contribution in [2.75, 3.05) is 0 Å². The normalized spacial score (nSPS) is 10.9. The Kier molecular flexibility index (Phi) is 8.81. The van der Waals surface area contributed by atoms with Crippen LogP contribution in [-0.2, 0) is 0 Å². The second kappa shape index (κ2) is 8.61. The third-order valence-corrected chi connectivity index (χ3v) is 17.8. The second-order valence-electron chi connectivity index (χ2n) is 4.21. The summed E-state index contributed by atoms with van der Waals surface area (Å²) in [4.78, 5) is 0. The molecule has 0 amide bonds. The topological polar surface area (TPSA) is 0 Å². The van der Waals surface area contributed by atoms with Gasteiger partial charge in [-0.1, -0.05) is 0 Å². The zero-order chi connectivity index (χ0) is 10.9. The molecule has 0 radical (unpaired) electrons. The summed E-state index contributed by atoms with van der Waals surface area (Å²) in [5.41, 5.74) is 3.39. The molecule has 0 atom stereocenters. The van der Waals surface area contributed by atoms with Crippen molar-refractivity contribution in [2.45, 2.75) is 60.3 Å². The van der Waals surface area contributed by atoms with E-state index in [0.29, 0.717) is 0 Å². The minimum atomic E-state index is -1.86. The molecule has 0 aromatic carbocycles. The first kappa shape index (κ1) is 14.3. The third-order valence-electron chi connectivity index (χ3n) is 2.80. The molecule has 0 heterocycles. The van der Waals surface area contributed by atoms with E-state index >= 15 is 0 Å². The van der Waals surface area contributed by atoms with Crippen LogP contribution in [0.3, 0.4) is 0 Å². The Morgan fingerprint density at radius 1 is 0.929 bits per heavy atom. The monoisotopic (exact) mass is 302 g/mol. The van der Waals surface area contributed by atoms with Crippen molar-refractivity contribution in [3.05, 3.63) is 15.9 Å². The molecule has 0 spiro atoms. The van der Waals surface area contributed by atoms with E-state index in [1.54, 1.807) is 0 Å². The van der Waals surface area contributed by atoms with Gasteiger partial charge in [-0.2, -0.15) is 0 Å². The fourth-order valence-corrected chi connectivity index (χ4v) is 15.7. The molecular formula is C13H26Sn. The predicted octanol–water partition coefficient (Wildman–Crippen LogP) is 4.94. The third kappa shape index (κ3) is 5.26. The number of hydrogen-bond donors (Lipinski definition) is 0. The van der Waals surface area contributed by atoms with E-state index in [2.05, 4.69) is 43.6 Å². The summed E-state index contributed by atoms with van der Waals surface area (Å²) >= 11 is -1.86. The van der Waals surface area contributed by atoms with Gasteiger partial charge in [-0.15, -0.1) is 0 Å². The van der Waals surface area contributed by atoms with E-state index in [9.17, 15) is 0 Å². The first-order valence-corrected chi connectivity index (χ1v) is 13.8. The first-order valence-electron chi connectivity index (χ1n) is 6.13. The Hall–Kier alpha value is 0.319. The van der Waals surface area contributed by atoms with E-state index in [1.807, 2.05) is 0 Å². The molecule has 0 bridgehead atoms. The van der Waals surface area contributed by atoms with E-state index in [1.165, 1.54) is 32.6 Å². The SMILES string of the molecule is CC=C=[CH][Sn]([CH2]CC)([CH2]CC)[CH2]CC. The van der Waals surface area contributed by atoms with Gasteiger partial charge in [0.1, 0.15) is 0 Å². The Labute approximate surface area is 94.4 Å². The Bertz CT molecular complexity index is 170. The van der Waals surface area contributed by atoms with Crippen LogP contribution in [0.2, 0.25) is 13.3 Å². The summed E-state index contributed by atoms with van der Waals surface area (Å²) in [6.07, 6.45) is 6.20. The Morgan fingerprint density at radius 3 is 1.64 bits per heavy atom. The Balaban J connectivity index is 4.62. The van der Waals surface area contributed by atoms with Crippen molar-refractivity contribution < 1.29 is 0 Å². The van der Waals surface area contributed by atoms with Crippen LogP contribution >= 0.6 is 0 Å². The molecule has 82 valence electrons. The van der Waals surface area contributed by atoms with Gasteiger partial charge >= 0.3 is 94.5 Å². The van der Waals surface area contributed by atoms with Crippen molar-refractivity contribution in [3.63, 3.8) is 0 Å². The van der Waals surface area contributed by atoms with E-state index in [0.717, 1.165) is 0 Å². The van der Waals surface area contributed by atoms with Gasteiger partial charge in [-0.05, 0) is 0 Å². The van der Waals surface area contributed by atoms with Crippen LogP contribution in [0.15, 0.2) is 15.9 Å². The molecule has 0 N–H and O–H groups in total. The van der Waals surface area contributed by atoms with Crippen LogP contribution in [0, 0.1) is 0 Å². The van der Waals surface area contributed by atoms with Gasteiger partial charge in [-0.3, -0.25) is 0 Å². The average molecular weight is 301 g/mol. The quantitative estimate of drug-likeness (QED) is 0.462. The van der Waals surface area contributed by atoms with Gasteiger partial charge in [0.25, 0.3) is 0 Å². The van der Waals surface area contributed by atoms with Crippen molar-refractivity contribution in [1.29, 1.82) is 0 Å². The molecule has 0 rings (SSSR count). The average Bonchev–Trinajstić information content (AvgIpc) is 2.16. The molecule has 0 aromatic heterocycles. The molecule has 0 nitrogen and oxygen atoms in total. The maximum absolute atomic E-state index is 3.39. The van der Waals surface area contributed by atoms with Gasteiger partial charge in [0.2, 0.25) is 0 Å². The fraction of sp³-hybridized carbons (Fsp3) is 0.769. The van der Waals surface area contributed by atoms with Gasteiger partial charge < -0.3 is 0 Å². The molecular weight excluding hydrogens is 275 g/mol. The van der Waals surface area contributed by atoms with Crippen molar-refractivity contribution in [3.8, 4) is 0 Å². The van der Waals surface area contributed by atoms with Gasteiger partial charge in [0.15, 0.2) is 0 Å². The van der Waals surface area contributed by atoms with Crippen LogP contribution in [0.1, 0.15) is 47.0 Å². The van der Waals surface area contributed by atoms with E-state index < -0.39 is 18.4 Å². The summed E-state index contributed by atoms with van der Waals surface area (Å²) in [6, 6.07) is 0. The van der Waals surface area contributed by atoms with E-state index in [-0.39, 0.29) is 0 Å². The summed E-state index contributed by atoms with van der Waals surface area (Å²) in [5, 5.41) is 0. The molecule has 0 saturated heterocycles. The molecule has 14 heavy (non-hydrogen) atoms. The number of allylic oxidation sites excluding steroid dienone is 1. The van der Waals surface area contributed by atoms with Crippen molar-refractivity contribution >= 4 is 18.4 Å². The first-order chi connectivity index (χ1) is 6.74. The summed E-state index contributed by atoms with van der Waals surface area (Å²) in [6.45, 7) is 9.08. The molecule has 0 aliphatic carbocycles. The predicted molar refractivity (Wildman–Crippen MR) is 69.4 cm³/mol. The minimum absolute atomic E-state index is 1.37. The molecule has 1 heteroatoms.